The average Bonchev–Trinajstić information content (AvgIpc) is 2.25. The molecule has 3 nitrogen and oxygen atoms in total. The molecule has 5 heteroatoms. The Hall–Kier alpha value is 0.350. The number of nitrogens with zero attached hydrogens (tertiary/aromatic N) is 1. The summed E-state index contributed by atoms with van der Waals surface area (Å²) >= 11 is 1.92. The van der Waals surface area contributed by atoms with Crippen molar-refractivity contribution in [3.63, 3.8) is 0 Å². The number of nitrogens with two attached hydrogens (primary N) is 1. The largest absolute Gasteiger partial charge is 0.370 e. The molecule has 0 aliphatic rings. The number of hydrogen-bond donors (Lipinski definition) is 2. The lowest BCUT2D eigenvalue weighted by molar-refractivity contribution is 0.644. The molecule has 0 spiro atoms. The fourth-order valence-corrected chi connectivity index (χ4v) is 1.77. The van der Waals surface area contributed by atoms with E-state index >= 15 is 0 Å². The van der Waals surface area contributed by atoms with Gasteiger partial charge in [-0.3, -0.25) is 4.99 Å². The fourth-order valence-electron chi connectivity index (χ4n) is 1.28. The Morgan fingerprint density at radius 3 is 2.47 bits per heavy atom. The first-order chi connectivity index (χ1) is 7.66. The van der Waals surface area contributed by atoms with Crippen molar-refractivity contribution in [3.05, 3.63) is 0 Å². The van der Waals surface area contributed by atoms with Gasteiger partial charge in [0.1, 0.15) is 0 Å². The summed E-state index contributed by atoms with van der Waals surface area (Å²) in [4.78, 5) is 4.25. The number of hydrogen-bond acceptors (Lipinski definition) is 2. The Kier molecular flexibility index (Phi) is 16.7. The van der Waals surface area contributed by atoms with Crippen LogP contribution in [0, 0.1) is 5.92 Å². The van der Waals surface area contributed by atoms with Gasteiger partial charge in [0.2, 0.25) is 0 Å². The second kappa shape index (κ2) is 14.4. The summed E-state index contributed by atoms with van der Waals surface area (Å²) < 4.78 is 0. The summed E-state index contributed by atoms with van der Waals surface area (Å²) in [6.07, 6.45) is 7.29. The third-order valence-electron chi connectivity index (χ3n) is 2.21. The Morgan fingerprint density at radius 1 is 1.24 bits per heavy atom. The third-order valence-corrected chi connectivity index (χ3v) is 2.91. The van der Waals surface area contributed by atoms with E-state index in [2.05, 4.69) is 30.4 Å². The maximum Gasteiger partial charge on any atom is 0.188 e. The van der Waals surface area contributed by atoms with Crippen molar-refractivity contribution in [3.8, 4) is 0 Å². The van der Waals surface area contributed by atoms with E-state index in [4.69, 9.17) is 5.73 Å². The lowest BCUT2D eigenvalue weighted by Crippen LogP contribution is -2.32. The van der Waals surface area contributed by atoms with E-state index in [0.29, 0.717) is 11.9 Å². The van der Waals surface area contributed by atoms with Crippen LogP contribution < -0.4 is 11.1 Å². The summed E-state index contributed by atoms with van der Waals surface area (Å²) in [6.45, 7) is 6.05. The average molecular weight is 373 g/mol. The van der Waals surface area contributed by atoms with Crippen molar-refractivity contribution in [2.75, 3.05) is 25.1 Å². The number of rotatable bonds is 9. The van der Waals surface area contributed by atoms with E-state index in [0.717, 1.165) is 13.1 Å². The third kappa shape index (κ3) is 16.4. The van der Waals surface area contributed by atoms with Gasteiger partial charge in [-0.1, -0.05) is 26.7 Å². The molecule has 0 bridgehead atoms. The van der Waals surface area contributed by atoms with Gasteiger partial charge in [-0.2, -0.15) is 11.8 Å². The fraction of sp³-hybridized carbons (Fsp3) is 0.917. The molecule has 0 unspecified atom stereocenters. The van der Waals surface area contributed by atoms with Gasteiger partial charge in [0, 0.05) is 13.1 Å². The lowest BCUT2D eigenvalue weighted by atomic mass is 10.2. The number of nitrogens with one attached hydrogen (secondary N) is 1. The highest BCUT2D eigenvalue weighted by Gasteiger charge is 1.94. The minimum Gasteiger partial charge on any atom is -0.370 e. The van der Waals surface area contributed by atoms with Crippen LogP contribution in [0.2, 0.25) is 0 Å². The van der Waals surface area contributed by atoms with Crippen molar-refractivity contribution < 1.29 is 0 Å². The maximum absolute atomic E-state index is 5.72. The first-order valence-corrected chi connectivity index (χ1v) is 7.59. The zero-order valence-electron chi connectivity index (χ0n) is 11.4. The first-order valence-electron chi connectivity index (χ1n) is 6.19. The molecule has 0 amide bonds. The predicted molar refractivity (Wildman–Crippen MR) is 91.6 cm³/mol. The van der Waals surface area contributed by atoms with Crippen molar-refractivity contribution in [1.29, 1.82) is 0 Å². The van der Waals surface area contributed by atoms with Crippen molar-refractivity contribution >= 4 is 41.7 Å². The summed E-state index contributed by atoms with van der Waals surface area (Å²) in [7, 11) is 0. The zero-order chi connectivity index (χ0) is 12.2. The molecule has 0 atom stereocenters. The smallest absolute Gasteiger partial charge is 0.188 e. The molecule has 0 saturated heterocycles. The lowest BCUT2D eigenvalue weighted by Gasteiger charge is -2.06. The topological polar surface area (TPSA) is 50.4 Å². The zero-order valence-corrected chi connectivity index (χ0v) is 14.5. The Morgan fingerprint density at radius 2 is 1.88 bits per heavy atom. The second-order valence-corrected chi connectivity index (χ2v) is 5.44. The quantitative estimate of drug-likeness (QED) is 0.283. The first kappa shape index (κ1) is 19.7. The SMILES string of the molecule is CSCCCCCCNC(N)=NCC(C)C.I. The molecule has 0 aromatic heterocycles. The van der Waals surface area contributed by atoms with E-state index in [9.17, 15) is 0 Å². The highest BCUT2D eigenvalue weighted by atomic mass is 127. The standard InChI is InChI=1S/C12H27N3S.HI/c1-11(2)10-15-12(13)14-8-6-4-5-7-9-16-3;/h11H,4-10H2,1-3H3,(H3,13,14,15);1H. The minimum absolute atomic E-state index is 0. The van der Waals surface area contributed by atoms with Gasteiger partial charge in [0.15, 0.2) is 5.96 Å². The van der Waals surface area contributed by atoms with Gasteiger partial charge < -0.3 is 11.1 Å². The molecule has 104 valence electrons. The maximum atomic E-state index is 5.72. The Bertz CT molecular complexity index is 187. The van der Waals surface area contributed by atoms with Gasteiger partial charge >= 0.3 is 0 Å². The van der Waals surface area contributed by atoms with Crippen LogP contribution >= 0.6 is 35.7 Å². The molecule has 0 fully saturated rings. The molecule has 0 aliphatic carbocycles. The number of unbranched alkanes of at least 4 members (excludes halogenated alkanes) is 3. The van der Waals surface area contributed by atoms with Crippen LogP contribution in [0.25, 0.3) is 0 Å². The van der Waals surface area contributed by atoms with Crippen LogP contribution in [0.1, 0.15) is 39.5 Å². The van der Waals surface area contributed by atoms with Crippen LogP contribution in [0.3, 0.4) is 0 Å². The number of thioether (sulfide) groups is 1. The molecule has 0 aliphatic heterocycles. The molecular formula is C12H28IN3S. The van der Waals surface area contributed by atoms with Gasteiger partial charge in [0.25, 0.3) is 0 Å². The molecule has 0 aromatic carbocycles. The normalized spacial score (nSPS) is 11.4. The molecule has 0 aromatic rings. The summed E-state index contributed by atoms with van der Waals surface area (Å²) in [5.74, 6) is 2.45. The number of guanidine groups is 1. The molecule has 3 N–H and O–H groups in total. The van der Waals surface area contributed by atoms with E-state index < -0.39 is 0 Å². The molecular weight excluding hydrogens is 345 g/mol. The van der Waals surface area contributed by atoms with Gasteiger partial charge in [-0.25, -0.2) is 0 Å². The Balaban J connectivity index is 0. The van der Waals surface area contributed by atoms with Crippen LogP contribution in [0.5, 0.6) is 0 Å². The highest BCUT2D eigenvalue weighted by molar-refractivity contribution is 14.0. The monoisotopic (exact) mass is 373 g/mol. The van der Waals surface area contributed by atoms with Crippen LogP contribution in [-0.4, -0.2) is 31.1 Å². The van der Waals surface area contributed by atoms with E-state index in [1.165, 1.54) is 31.4 Å². The van der Waals surface area contributed by atoms with Gasteiger partial charge in [-0.05, 0) is 30.8 Å². The van der Waals surface area contributed by atoms with Crippen molar-refractivity contribution in [2.24, 2.45) is 16.6 Å². The summed E-state index contributed by atoms with van der Waals surface area (Å²) in [6, 6.07) is 0. The van der Waals surface area contributed by atoms with E-state index in [1.807, 2.05) is 11.8 Å². The number of aliphatic imine (C=N–C) groups is 1. The highest BCUT2D eigenvalue weighted by Crippen LogP contribution is 2.03. The Labute approximate surface area is 128 Å². The molecule has 17 heavy (non-hydrogen) atoms. The van der Waals surface area contributed by atoms with Crippen molar-refractivity contribution in [2.45, 2.75) is 39.5 Å². The second-order valence-electron chi connectivity index (χ2n) is 4.45. The van der Waals surface area contributed by atoms with Crippen LogP contribution in [0.4, 0.5) is 0 Å². The van der Waals surface area contributed by atoms with Crippen LogP contribution in [0.15, 0.2) is 4.99 Å². The van der Waals surface area contributed by atoms with E-state index in [-0.39, 0.29) is 24.0 Å². The predicted octanol–water partition coefficient (Wildman–Crippen LogP) is 3.09. The minimum atomic E-state index is 0. The molecule has 0 rings (SSSR count). The molecule has 0 heterocycles. The van der Waals surface area contributed by atoms with E-state index in [1.54, 1.807) is 0 Å². The summed E-state index contributed by atoms with van der Waals surface area (Å²) in [5, 5.41) is 3.15. The van der Waals surface area contributed by atoms with Gasteiger partial charge in [0.05, 0.1) is 0 Å². The number of halogens is 1. The molecule has 0 saturated carbocycles. The van der Waals surface area contributed by atoms with Crippen LogP contribution in [-0.2, 0) is 0 Å². The van der Waals surface area contributed by atoms with Crippen molar-refractivity contribution in [1.82, 2.24) is 5.32 Å². The summed E-state index contributed by atoms with van der Waals surface area (Å²) in [5.41, 5.74) is 5.72. The van der Waals surface area contributed by atoms with Gasteiger partial charge in [-0.15, -0.1) is 24.0 Å². The molecule has 0 radical (unpaired) electrons.